The van der Waals surface area contributed by atoms with Crippen LogP contribution in [-0.2, 0) is 4.79 Å². The molecular formula is C15H10FN3O4. The number of nitrogens with one attached hydrogen (secondary N) is 1. The summed E-state index contributed by atoms with van der Waals surface area (Å²) in [6, 6.07) is 10.6. The molecule has 0 saturated heterocycles. The van der Waals surface area contributed by atoms with Crippen LogP contribution in [0.4, 0.5) is 15.8 Å². The molecule has 0 unspecified atom stereocenters. The van der Waals surface area contributed by atoms with E-state index in [1.165, 1.54) is 36.4 Å². The lowest BCUT2D eigenvalue weighted by atomic mass is 10.2. The van der Waals surface area contributed by atoms with Crippen LogP contribution >= 0.6 is 0 Å². The van der Waals surface area contributed by atoms with Crippen molar-refractivity contribution in [3.63, 3.8) is 0 Å². The van der Waals surface area contributed by atoms with E-state index < -0.39 is 16.6 Å². The van der Waals surface area contributed by atoms with Crippen molar-refractivity contribution >= 4 is 17.3 Å². The number of non-ortho nitro benzene ring substituents is 1. The zero-order chi connectivity index (χ0) is 16.8. The zero-order valence-electron chi connectivity index (χ0n) is 11.7. The normalized spacial score (nSPS) is 9.74. The summed E-state index contributed by atoms with van der Waals surface area (Å²) in [5, 5.41) is 21.6. The molecule has 0 atom stereocenters. The number of hydrogen-bond acceptors (Lipinski definition) is 5. The topological polar surface area (TPSA) is 105 Å². The lowest BCUT2D eigenvalue weighted by Crippen LogP contribution is -2.20. The molecule has 0 radical (unpaired) electrons. The van der Waals surface area contributed by atoms with Crippen LogP contribution in [0.3, 0.4) is 0 Å². The molecule has 0 aromatic heterocycles. The Bertz CT molecular complexity index is 784. The highest BCUT2D eigenvalue weighted by Crippen LogP contribution is 2.17. The fraction of sp³-hybridized carbons (Fsp3) is 0.0667. The Kier molecular flexibility index (Phi) is 4.84. The Balaban J connectivity index is 1.91. The maximum Gasteiger partial charge on any atom is 0.269 e. The summed E-state index contributed by atoms with van der Waals surface area (Å²) in [5.41, 5.74) is 0.162. The van der Waals surface area contributed by atoms with Gasteiger partial charge in [0, 0.05) is 23.9 Å². The van der Waals surface area contributed by atoms with Crippen LogP contribution in [0.1, 0.15) is 5.56 Å². The van der Waals surface area contributed by atoms with Gasteiger partial charge in [-0.25, -0.2) is 4.39 Å². The summed E-state index contributed by atoms with van der Waals surface area (Å²) < 4.78 is 18.5. The highest BCUT2D eigenvalue weighted by molar-refractivity contribution is 5.91. The minimum absolute atomic E-state index is 0.0905. The minimum atomic E-state index is -0.735. The number of rotatable bonds is 5. The Labute approximate surface area is 130 Å². The van der Waals surface area contributed by atoms with Crippen LogP contribution in [-0.4, -0.2) is 17.4 Å². The van der Waals surface area contributed by atoms with E-state index in [-0.39, 0.29) is 23.6 Å². The fourth-order valence-corrected chi connectivity index (χ4v) is 1.69. The summed E-state index contributed by atoms with van der Waals surface area (Å²) in [4.78, 5) is 21.7. The first-order valence-corrected chi connectivity index (χ1v) is 6.36. The SMILES string of the molecule is N#Cc1ccc(OCC(=O)Nc2ccc([N+](=O)[O-])cc2)cc1F. The number of halogens is 1. The number of anilines is 1. The van der Waals surface area contributed by atoms with Crippen molar-refractivity contribution in [1.29, 1.82) is 5.26 Å². The third-order valence-electron chi connectivity index (χ3n) is 2.79. The molecule has 2 rings (SSSR count). The Hall–Kier alpha value is -3.47. The van der Waals surface area contributed by atoms with E-state index in [0.29, 0.717) is 5.69 Å². The highest BCUT2D eigenvalue weighted by Gasteiger charge is 2.08. The van der Waals surface area contributed by atoms with E-state index in [2.05, 4.69) is 5.32 Å². The Morgan fingerprint density at radius 3 is 2.57 bits per heavy atom. The predicted octanol–water partition coefficient (Wildman–Crippen LogP) is 2.62. The molecule has 23 heavy (non-hydrogen) atoms. The monoisotopic (exact) mass is 315 g/mol. The standard InChI is InChI=1S/C15H10FN3O4/c16-14-7-13(6-1-10(14)8-17)23-9-15(20)18-11-2-4-12(5-3-11)19(21)22/h1-7H,9H2,(H,18,20). The molecule has 0 fully saturated rings. The van der Waals surface area contributed by atoms with Crippen molar-refractivity contribution in [2.45, 2.75) is 0 Å². The first-order chi connectivity index (χ1) is 11.0. The van der Waals surface area contributed by atoms with E-state index >= 15 is 0 Å². The van der Waals surface area contributed by atoms with E-state index in [0.717, 1.165) is 6.07 Å². The first-order valence-electron chi connectivity index (χ1n) is 6.36. The molecule has 1 amide bonds. The summed E-state index contributed by atoms with van der Waals surface area (Å²) in [6.45, 7) is -0.373. The van der Waals surface area contributed by atoms with Gasteiger partial charge in [0.2, 0.25) is 0 Å². The summed E-state index contributed by atoms with van der Waals surface area (Å²) in [7, 11) is 0. The van der Waals surface area contributed by atoms with Gasteiger partial charge < -0.3 is 10.1 Å². The second-order valence-corrected chi connectivity index (χ2v) is 4.39. The van der Waals surface area contributed by atoms with Crippen LogP contribution in [0.2, 0.25) is 0 Å². The molecule has 2 aromatic rings. The number of carbonyl (C=O) groups is 1. The second-order valence-electron chi connectivity index (χ2n) is 4.39. The number of nitro benzene ring substituents is 1. The lowest BCUT2D eigenvalue weighted by Gasteiger charge is -2.07. The van der Waals surface area contributed by atoms with Crippen molar-refractivity contribution in [3.05, 3.63) is 64.0 Å². The molecule has 8 heteroatoms. The summed E-state index contributed by atoms with van der Waals surface area (Å²) in [5.74, 6) is -1.13. The largest absolute Gasteiger partial charge is 0.484 e. The number of nitro groups is 1. The number of benzene rings is 2. The molecule has 0 spiro atoms. The second kappa shape index (κ2) is 7.00. The number of hydrogen-bond donors (Lipinski definition) is 1. The van der Waals surface area contributed by atoms with Gasteiger partial charge in [0.25, 0.3) is 11.6 Å². The molecule has 7 nitrogen and oxygen atoms in total. The third-order valence-corrected chi connectivity index (χ3v) is 2.79. The van der Waals surface area contributed by atoms with Gasteiger partial charge in [-0.1, -0.05) is 0 Å². The van der Waals surface area contributed by atoms with Gasteiger partial charge in [-0.2, -0.15) is 5.26 Å². The molecule has 0 bridgehead atoms. The summed E-state index contributed by atoms with van der Waals surface area (Å²) >= 11 is 0. The molecule has 0 aliphatic heterocycles. The van der Waals surface area contributed by atoms with E-state index in [1.807, 2.05) is 0 Å². The van der Waals surface area contributed by atoms with Crippen LogP contribution in [0.25, 0.3) is 0 Å². The number of nitrogens with zero attached hydrogens (tertiary/aromatic N) is 2. The van der Waals surface area contributed by atoms with Gasteiger partial charge >= 0.3 is 0 Å². The third kappa shape index (κ3) is 4.25. The number of carbonyl (C=O) groups excluding carboxylic acids is 1. The maximum atomic E-state index is 13.4. The van der Waals surface area contributed by atoms with Crippen molar-refractivity contribution in [2.75, 3.05) is 11.9 Å². The van der Waals surface area contributed by atoms with Gasteiger partial charge in [0.1, 0.15) is 17.6 Å². The predicted molar refractivity (Wildman–Crippen MR) is 78.3 cm³/mol. The highest BCUT2D eigenvalue weighted by atomic mass is 19.1. The Morgan fingerprint density at radius 1 is 1.30 bits per heavy atom. The molecule has 0 heterocycles. The zero-order valence-corrected chi connectivity index (χ0v) is 11.7. The van der Waals surface area contributed by atoms with Crippen molar-refractivity contribution in [3.8, 4) is 11.8 Å². The number of amides is 1. The van der Waals surface area contributed by atoms with Crippen molar-refractivity contribution in [1.82, 2.24) is 0 Å². The minimum Gasteiger partial charge on any atom is -0.484 e. The maximum absolute atomic E-state index is 13.4. The average Bonchev–Trinajstić information content (AvgIpc) is 2.53. The molecule has 2 aromatic carbocycles. The van der Waals surface area contributed by atoms with Gasteiger partial charge in [-0.05, 0) is 24.3 Å². The number of nitriles is 1. The van der Waals surface area contributed by atoms with Gasteiger partial charge in [0.05, 0.1) is 10.5 Å². The fourth-order valence-electron chi connectivity index (χ4n) is 1.69. The van der Waals surface area contributed by atoms with Crippen LogP contribution in [0, 0.1) is 27.3 Å². The van der Waals surface area contributed by atoms with Gasteiger partial charge in [0.15, 0.2) is 6.61 Å². The molecule has 0 aliphatic carbocycles. The lowest BCUT2D eigenvalue weighted by molar-refractivity contribution is -0.384. The Morgan fingerprint density at radius 2 is 2.00 bits per heavy atom. The van der Waals surface area contributed by atoms with Gasteiger partial charge in [-0.15, -0.1) is 0 Å². The van der Waals surface area contributed by atoms with Crippen LogP contribution in [0.15, 0.2) is 42.5 Å². The smallest absolute Gasteiger partial charge is 0.269 e. The van der Waals surface area contributed by atoms with Crippen LogP contribution in [0.5, 0.6) is 5.75 Å². The van der Waals surface area contributed by atoms with Gasteiger partial charge in [-0.3, -0.25) is 14.9 Å². The molecular weight excluding hydrogens is 305 g/mol. The molecule has 1 N–H and O–H groups in total. The quantitative estimate of drug-likeness (QED) is 0.674. The van der Waals surface area contributed by atoms with Crippen LogP contribution < -0.4 is 10.1 Å². The van der Waals surface area contributed by atoms with E-state index in [1.54, 1.807) is 6.07 Å². The molecule has 116 valence electrons. The molecule has 0 aliphatic rings. The van der Waals surface area contributed by atoms with Crippen molar-refractivity contribution in [2.24, 2.45) is 0 Å². The number of ether oxygens (including phenoxy) is 1. The molecule has 0 saturated carbocycles. The summed E-state index contributed by atoms with van der Waals surface area (Å²) in [6.07, 6.45) is 0. The average molecular weight is 315 g/mol. The first kappa shape index (κ1) is 15.9. The van der Waals surface area contributed by atoms with E-state index in [4.69, 9.17) is 10.00 Å². The van der Waals surface area contributed by atoms with E-state index in [9.17, 15) is 19.3 Å². The van der Waals surface area contributed by atoms with Crippen molar-refractivity contribution < 1.29 is 18.8 Å².